The van der Waals surface area contributed by atoms with Gasteiger partial charge in [0.15, 0.2) is 5.13 Å². The molecule has 1 unspecified atom stereocenters. The van der Waals surface area contributed by atoms with Gasteiger partial charge in [-0.3, -0.25) is 19.5 Å². The van der Waals surface area contributed by atoms with Gasteiger partial charge in [-0.25, -0.2) is 9.97 Å². The molecule has 9 nitrogen and oxygen atoms in total. The number of hydrogen-bond acceptors (Lipinski definition) is 7. The molecule has 0 bridgehead atoms. The molecule has 3 aromatic rings. The molecule has 0 fully saturated rings. The molecule has 0 spiro atoms. The number of hydrogen-bond donors (Lipinski definition) is 3. The zero-order chi connectivity index (χ0) is 23.3. The minimum absolute atomic E-state index is 0.0688. The molecule has 3 heterocycles. The van der Waals surface area contributed by atoms with E-state index in [-0.39, 0.29) is 22.7 Å². The van der Waals surface area contributed by atoms with E-state index in [4.69, 9.17) is 4.74 Å². The molecule has 0 saturated carbocycles. The highest BCUT2D eigenvalue weighted by atomic mass is 32.1. The van der Waals surface area contributed by atoms with Crippen molar-refractivity contribution in [1.82, 2.24) is 19.9 Å². The molecule has 1 atom stereocenters. The summed E-state index contributed by atoms with van der Waals surface area (Å²) < 4.78 is 48.9. The van der Waals surface area contributed by atoms with E-state index in [0.29, 0.717) is 28.4 Å². The summed E-state index contributed by atoms with van der Waals surface area (Å²) >= 11 is 1.05. The zero-order valence-corrected chi connectivity index (χ0v) is 18.1. The molecule has 0 radical (unpaired) electrons. The molecule has 1 aromatic carbocycles. The standard InChI is InChI=1S/C19H19F3N6O3S/c1-9-6-11-13(7-10(9)2)28-16(24-11)26-15(30)18(28,19(20,21)22)27-14(29)12-8-32-17(25-12)23-4-5-31-3/h6-8H,4-5H2,1-3H3,(H,23,25)(H,27,29)(H,24,26,30). The Morgan fingerprint density at radius 1 is 1.28 bits per heavy atom. The lowest BCUT2D eigenvalue weighted by Gasteiger charge is -2.31. The number of ether oxygens (including phenoxy) is 1. The number of amides is 2. The first-order valence-corrected chi connectivity index (χ1v) is 10.4. The monoisotopic (exact) mass is 468 g/mol. The third-order valence-electron chi connectivity index (χ3n) is 5.18. The fourth-order valence-electron chi connectivity index (χ4n) is 3.44. The molecule has 4 rings (SSSR count). The maximum absolute atomic E-state index is 14.4. The van der Waals surface area contributed by atoms with E-state index < -0.39 is 23.7 Å². The number of carbonyl (C=O) groups is 2. The Morgan fingerprint density at radius 3 is 2.69 bits per heavy atom. The van der Waals surface area contributed by atoms with Gasteiger partial charge in [0.25, 0.3) is 17.5 Å². The second kappa shape index (κ2) is 7.74. The summed E-state index contributed by atoms with van der Waals surface area (Å²) in [4.78, 5) is 33.6. The number of imidazole rings is 1. The second-order valence-corrected chi connectivity index (χ2v) is 8.13. The number of thiazole rings is 1. The molecular weight excluding hydrogens is 449 g/mol. The number of anilines is 2. The van der Waals surface area contributed by atoms with E-state index in [1.165, 1.54) is 18.6 Å². The highest BCUT2D eigenvalue weighted by molar-refractivity contribution is 7.13. The minimum Gasteiger partial charge on any atom is -0.383 e. The van der Waals surface area contributed by atoms with Crippen LogP contribution in [0.15, 0.2) is 17.5 Å². The van der Waals surface area contributed by atoms with Crippen LogP contribution in [0.25, 0.3) is 11.0 Å². The lowest BCUT2D eigenvalue weighted by molar-refractivity contribution is -0.213. The van der Waals surface area contributed by atoms with Crippen molar-refractivity contribution in [2.45, 2.75) is 25.7 Å². The Bertz CT molecular complexity index is 1220. The maximum atomic E-state index is 14.4. The van der Waals surface area contributed by atoms with Crippen LogP contribution in [0, 0.1) is 13.8 Å². The van der Waals surface area contributed by atoms with E-state index in [0.717, 1.165) is 16.9 Å². The smallest absolute Gasteiger partial charge is 0.383 e. The van der Waals surface area contributed by atoms with Gasteiger partial charge in [-0.15, -0.1) is 11.3 Å². The maximum Gasteiger partial charge on any atom is 0.440 e. The predicted octanol–water partition coefficient (Wildman–Crippen LogP) is 2.77. The second-order valence-electron chi connectivity index (χ2n) is 7.27. The van der Waals surface area contributed by atoms with Crippen molar-refractivity contribution in [2.24, 2.45) is 0 Å². The van der Waals surface area contributed by atoms with Crippen molar-refractivity contribution in [3.63, 3.8) is 0 Å². The summed E-state index contributed by atoms with van der Waals surface area (Å²) in [5.41, 5.74) is -1.74. The quantitative estimate of drug-likeness (QED) is 0.480. The molecule has 2 aromatic heterocycles. The number of halogens is 3. The molecule has 3 N–H and O–H groups in total. The largest absolute Gasteiger partial charge is 0.440 e. The number of nitrogens with one attached hydrogen (secondary N) is 3. The third kappa shape index (κ3) is 3.37. The normalized spacial score (nSPS) is 18.0. The van der Waals surface area contributed by atoms with Crippen LogP contribution >= 0.6 is 11.3 Å². The number of nitrogens with zero attached hydrogens (tertiary/aromatic N) is 3. The molecule has 1 aliphatic rings. The highest BCUT2D eigenvalue weighted by Crippen LogP contribution is 2.44. The lowest BCUT2D eigenvalue weighted by atomic mass is 10.1. The summed E-state index contributed by atoms with van der Waals surface area (Å²) in [5.74, 6) is -2.89. The highest BCUT2D eigenvalue weighted by Gasteiger charge is 2.67. The number of aryl methyl sites for hydroxylation is 2. The fourth-order valence-corrected chi connectivity index (χ4v) is 4.16. The van der Waals surface area contributed by atoms with Gasteiger partial charge in [0.05, 0.1) is 17.6 Å². The van der Waals surface area contributed by atoms with Crippen LogP contribution < -0.4 is 16.0 Å². The first-order chi connectivity index (χ1) is 15.1. The number of alkyl halides is 3. The van der Waals surface area contributed by atoms with Crippen molar-refractivity contribution < 1.29 is 27.5 Å². The first kappa shape index (κ1) is 22.0. The van der Waals surface area contributed by atoms with Crippen LogP contribution in [0.1, 0.15) is 21.6 Å². The minimum atomic E-state index is -5.17. The average Bonchev–Trinajstić information content (AvgIpc) is 3.37. The Hall–Kier alpha value is -3.19. The average molecular weight is 468 g/mol. The van der Waals surface area contributed by atoms with E-state index in [1.807, 2.05) is 5.32 Å². The van der Waals surface area contributed by atoms with Crippen LogP contribution in [0.3, 0.4) is 0 Å². The first-order valence-electron chi connectivity index (χ1n) is 9.47. The Balaban J connectivity index is 1.76. The van der Waals surface area contributed by atoms with Gasteiger partial charge in [-0.05, 0) is 37.1 Å². The summed E-state index contributed by atoms with van der Waals surface area (Å²) in [7, 11) is 1.52. The van der Waals surface area contributed by atoms with Crippen molar-refractivity contribution in [3.05, 3.63) is 34.3 Å². The van der Waals surface area contributed by atoms with Gasteiger partial charge in [-0.2, -0.15) is 13.2 Å². The van der Waals surface area contributed by atoms with Crippen molar-refractivity contribution in [1.29, 1.82) is 0 Å². The van der Waals surface area contributed by atoms with Gasteiger partial charge in [0.1, 0.15) is 5.69 Å². The van der Waals surface area contributed by atoms with Gasteiger partial charge in [0.2, 0.25) is 5.95 Å². The van der Waals surface area contributed by atoms with E-state index in [2.05, 4.69) is 20.6 Å². The van der Waals surface area contributed by atoms with Crippen LogP contribution in [-0.4, -0.2) is 52.8 Å². The number of rotatable bonds is 6. The number of carbonyl (C=O) groups excluding carboxylic acids is 2. The number of aromatic nitrogens is 3. The van der Waals surface area contributed by atoms with Crippen molar-refractivity contribution in [2.75, 3.05) is 30.9 Å². The van der Waals surface area contributed by atoms with Gasteiger partial charge >= 0.3 is 6.18 Å². The third-order valence-corrected chi connectivity index (χ3v) is 5.98. The molecular formula is C19H19F3N6O3S. The van der Waals surface area contributed by atoms with Gasteiger partial charge < -0.3 is 15.4 Å². The zero-order valence-electron chi connectivity index (χ0n) is 17.3. The molecule has 1 aliphatic heterocycles. The summed E-state index contributed by atoms with van der Waals surface area (Å²) in [6, 6.07) is 3.14. The topological polar surface area (TPSA) is 110 Å². The molecule has 13 heteroatoms. The van der Waals surface area contributed by atoms with E-state index >= 15 is 0 Å². The number of methoxy groups -OCH3 is 1. The van der Waals surface area contributed by atoms with E-state index in [1.54, 1.807) is 19.9 Å². The van der Waals surface area contributed by atoms with Gasteiger partial charge in [0, 0.05) is 19.0 Å². The summed E-state index contributed by atoms with van der Waals surface area (Å²) in [5, 5.41) is 8.58. The summed E-state index contributed by atoms with van der Waals surface area (Å²) in [6.07, 6.45) is -5.17. The lowest BCUT2D eigenvalue weighted by Crippen LogP contribution is -2.63. The summed E-state index contributed by atoms with van der Waals surface area (Å²) in [6.45, 7) is 4.33. The molecule has 32 heavy (non-hydrogen) atoms. The van der Waals surface area contributed by atoms with Gasteiger partial charge in [-0.1, -0.05) is 0 Å². The SMILES string of the molecule is COCCNc1nc(C(=O)NC2(C(F)(F)F)C(=O)Nc3nc4cc(C)c(C)cc4n32)cs1. The van der Waals surface area contributed by atoms with E-state index in [9.17, 15) is 22.8 Å². The number of fused-ring (bicyclic) bond motifs is 3. The fraction of sp³-hybridized carbons (Fsp3) is 0.368. The van der Waals surface area contributed by atoms with Crippen molar-refractivity contribution in [3.8, 4) is 0 Å². The van der Waals surface area contributed by atoms with Crippen molar-refractivity contribution >= 4 is 45.3 Å². The van der Waals surface area contributed by atoms with Crippen LogP contribution in [0.2, 0.25) is 0 Å². The molecule has 170 valence electrons. The predicted molar refractivity (Wildman–Crippen MR) is 112 cm³/mol. The molecule has 0 saturated heterocycles. The Labute approximate surface area is 184 Å². The van der Waals surface area contributed by atoms with Crippen LogP contribution in [0.5, 0.6) is 0 Å². The molecule has 0 aliphatic carbocycles. The number of benzene rings is 1. The Kier molecular flexibility index (Phi) is 5.33. The molecule has 2 amide bonds. The van der Waals surface area contributed by atoms with Crippen LogP contribution in [0.4, 0.5) is 24.3 Å². The Morgan fingerprint density at radius 2 is 2.00 bits per heavy atom. The van der Waals surface area contributed by atoms with Crippen LogP contribution in [-0.2, 0) is 15.2 Å².